The fourth-order valence-corrected chi connectivity index (χ4v) is 1.96. The Morgan fingerprint density at radius 1 is 1.14 bits per heavy atom. The van der Waals surface area contributed by atoms with Gasteiger partial charge in [-0.2, -0.15) is 0 Å². The van der Waals surface area contributed by atoms with Gasteiger partial charge in [-0.15, -0.1) is 24.0 Å². The van der Waals surface area contributed by atoms with E-state index in [4.69, 9.17) is 4.74 Å². The van der Waals surface area contributed by atoms with Crippen LogP contribution in [-0.4, -0.2) is 32.7 Å². The van der Waals surface area contributed by atoms with Crippen molar-refractivity contribution in [3.63, 3.8) is 0 Å². The second-order valence-electron chi connectivity index (χ2n) is 5.06. The van der Waals surface area contributed by atoms with Crippen LogP contribution in [0.25, 0.3) is 0 Å². The van der Waals surface area contributed by atoms with Crippen molar-refractivity contribution in [3.8, 4) is 0 Å². The molecule has 4 nitrogen and oxygen atoms in total. The molecule has 1 atom stereocenters. The summed E-state index contributed by atoms with van der Waals surface area (Å²) in [7, 11) is 1.80. The molecule has 0 bridgehead atoms. The second kappa shape index (κ2) is 13.8. The fraction of sp³-hybridized carbons (Fsp3) is 0.588. The maximum Gasteiger partial charge on any atom is 0.190 e. The molecule has 1 unspecified atom stereocenters. The first kappa shape index (κ1) is 21.2. The summed E-state index contributed by atoms with van der Waals surface area (Å²) < 4.78 is 5.84. The van der Waals surface area contributed by atoms with E-state index in [0.29, 0.717) is 0 Å². The van der Waals surface area contributed by atoms with Crippen LogP contribution in [0.4, 0.5) is 0 Å². The van der Waals surface area contributed by atoms with Crippen LogP contribution in [0.3, 0.4) is 0 Å². The van der Waals surface area contributed by atoms with E-state index in [2.05, 4.69) is 41.6 Å². The minimum Gasteiger partial charge on any atom is -0.374 e. The maximum atomic E-state index is 5.84. The lowest BCUT2D eigenvalue weighted by Gasteiger charge is -2.14. The first-order chi connectivity index (χ1) is 10.3. The first-order valence-electron chi connectivity index (χ1n) is 7.89. The molecule has 0 amide bonds. The van der Waals surface area contributed by atoms with Gasteiger partial charge in [0.2, 0.25) is 0 Å². The number of guanidine groups is 1. The van der Waals surface area contributed by atoms with E-state index in [-0.39, 0.29) is 30.1 Å². The summed E-state index contributed by atoms with van der Waals surface area (Å²) >= 11 is 0. The normalized spacial score (nSPS) is 12.4. The molecule has 22 heavy (non-hydrogen) atoms. The molecule has 0 aliphatic heterocycles. The molecule has 0 saturated heterocycles. The Hall–Kier alpha value is -0.820. The molecule has 2 N–H and O–H groups in total. The summed E-state index contributed by atoms with van der Waals surface area (Å²) in [5.74, 6) is 0.875. The number of ether oxygens (including phenoxy) is 1. The summed E-state index contributed by atoms with van der Waals surface area (Å²) in [6.07, 6.45) is 3.47. The molecule has 0 aromatic heterocycles. The number of benzene rings is 1. The highest BCUT2D eigenvalue weighted by atomic mass is 127. The Morgan fingerprint density at radius 3 is 2.36 bits per heavy atom. The van der Waals surface area contributed by atoms with Crippen molar-refractivity contribution in [3.05, 3.63) is 35.9 Å². The molecule has 1 aromatic rings. The number of hydrogen-bond acceptors (Lipinski definition) is 2. The zero-order valence-corrected chi connectivity index (χ0v) is 16.3. The van der Waals surface area contributed by atoms with Crippen LogP contribution in [-0.2, 0) is 4.74 Å². The molecular formula is C17H30IN3O. The van der Waals surface area contributed by atoms with Gasteiger partial charge in [0.25, 0.3) is 0 Å². The first-order valence-corrected chi connectivity index (χ1v) is 7.89. The van der Waals surface area contributed by atoms with Crippen LogP contribution in [0.1, 0.15) is 44.8 Å². The zero-order valence-electron chi connectivity index (χ0n) is 14.0. The fourth-order valence-electron chi connectivity index (χ4n) is 1.96. The highest BCUT2D eigenvalue weighted by molar-refractivity contribution is 14.0. The molecule has 0 spiro atoms. The largest absolute Gasteiger partial charge is 0.374 e. The molecule has 126 valence electrons. The zero-order chi connectivity index (χ0) is 15.3. The van der Waals surface area contributed by atoms with Crippen molar-refractivity contribution < 1.29 is 4.74 Å². The molecule has 1 rings (SSSR count). The molecule has 0 heterocycles. The molecule has 0 saturated carbocycles. The third kappa shape index (κ3) is 9.25. The summed E-state index contributed by atoms with van der Waals surface area (Å²) in [4.78, 5) is 4.19. The van der Waals surface area contributed by atoms with Crippen LogP contribution in [0.5, 0.6) is 0 Å². The lowest BCUT2D eigenvalue weighted by molar-refractivity contribution is 0.0646. The van der Waals surface area contributed by atoms with Gasteiger partial charge >= 0.3 is 0 Å². The highest BCUT2D eigenvalue weighted by Crippen LogP contribution is 2.15. The SMILES string of the molecule is CCCCNC(=NC)NCCCOC(C)c1ccccc1.I. The van der Waals surface area contributed by atoms with Gasteiger partial charge in [-0.3, -0.25) is 4.99 Å². The molecule has 0 aliphatic rings. The van der Waals surface area contributed by atoms with Gasteiger partial charge < -0.3 is 15.4 Å². The van der Waals surface area contributed by atoms with Crippen LogP contribution >= 0.6 is 24.0 Å². The minimum absolute atomic E-state index is 0. The topological polar surface area (TPSA) is 45.7 Å². The van der Waals surface area contributed by atoms with Crippen molar-refractivity contribution >= 4 is 29.9 Å². The number of aliphatic imine (C=N–C) groups is 1. The van der Waals surface area contributed by atoms with Gasteiger partial charge in [-0.05, 0) is 25.3 Å². The quantitative estimate of drug-likeness (QED) is 0.278. The number of unbranched alkanes of at least 4 members (excludes halogenated alkanes) is 1. The molecular weight excluding hydrogens is 389 g/mol. The smallest absolute Gasteiger partial charge is 0.190 e. The molecule has 0 fully saturated rings. The standard InChI is InChI=1S/C17H29N3O.HI/c1-4-5-12-19-17(18-3)20-13-9-14-21-15(2)16-10-7-6-8-11-16;/h6-8,10-11,15H,4-5,9,12-14H2,1-3H3,(H2,18,19,20);1H. The predicted octanol–water partition coefficient (Wildman–Crippen LogP) is 3.74. The van der Waals surface area contributed by atoms with Crippen molar-refractivity contribution in [1.29, 1.82) is 0 Å². The van der Waals surface area contributed by atoms with E-state index in [1.807, 2.05) is 18.2 Å². The third-order valence-electron chi connectivity index (χ3n) is 3.30. The van der Waals surface area contributed by atoms with E-state index in [0.717, 1.165) is 32.1 Å². The lowest BCUT2D eigenvalue weighted by Crippen LogP contribution is -2.38. The summed E-state index contributed by atoms with van der Waals surface area (Å²) in [5, 5.41) is 6.59. The van der Waals surface area contributed by atoms with Gasteiger partial charge in [0.05, 0.1) is 6.10 Å². The molecule has 1 aromatic carbocycles. The Morgan fingerprint density at radius 2 is 1.77 bits per heavy atom. The van der Waals surface area contributed by atoms with Gasteiger partial charge in [-0.1, -0.05) is 43.7 Å². The van der Waals surface area contributed by atoms with Crippen molar-refractivity contribution in [2.75, 3.05) is 26.7 Å². The Bertz CT molecular complexity index is 398. The predicted molar refractivity (Wildman–Crippen MR) is 105 cm³/mol. The van der Waals surface area contributed by atoms with Gasteiger partial charge in [0.1, 0.15) is 0 Å². The van der Waals surface area contributed by atoms with Crippen molar-refractivity contribution in [2.24, 2.45) is 4.99 Å². The van der Waals surface area contributed by atoms with E-state index in [9.17, 15) is 0 Å². The number of hydrogen-bond donors (Lipinski definition) is 2. The van der Waals surface area contributed by atoms with Crippen molar-refractivity contribution in [1.82, 2.24) is 10.6 Å². The van der Waals surface area contributed by atoms with Crippen LogP contribution < -0.4 is 10.6 Å². The number of nitrogens with zero attached hydrogens (tertiary/aromatic N) is 1. The average molecular weight is 419 g/mol. The van der Waals surface area contributed by atoms with Crippen LogP contribution in [0, 0.1) is 0 Å². The summed E-state index contributed by atoms with van der Waals surface area (Å²) in [5.41, 5.74) is 1.22. The highest BCUT2D eigenvalue weighted by Gasteiger charge is 2.04. The second-order valence-corrected chi connectivity index (χ2v) is 5.06. The lowest BCUT2D eigenvalue weighted by atomic mass is 10.1. The average Bonchev–Trinajstić information content (AvgIpc) is 2.53. The molecule has 0 radical (unpaired) electrons. The van der Waals surface area contributed by atoms with Gasteiger partial charge in [0.15, 0.2) is 5.96 Å². The van der Waals surface area contributed by atoms with Gasteiger partial charge in [-0.25, -0.2) is 0 Å². The van der Waals surface area contributed by atoms with E-state index >= 15 is 0 Å². The third-order valence-corrected chi connectivity index (χ3v) is 3.30. The number of rotatable bonds is 9. The van der Waals surface area contributed by atoms with E-state index in [1.165, 1.54) is 18.4 Å². The molecule has 5 heteroatoms. The van der Waals surface area contributed by atoms with Gasteiger partial charge in [0, 0.05) is 26.7 Å². The Balaban J connectivity index is 0.00000441. The summed E-state index contributed by atoms with van der Waals surface area (Å²) in [6, 6.07) is 10.3. The Kier molecular flexibility index (Phi) is 13.3. The molecule has 0 aliphatic carbocycles. The minimum atomic E-state index is 0. The number of nitrogens with one attached hydrogen (secondary N) is 2. The number of halogens is 1. The van der Waals surface area contributed by atoms with Crippen LogP contribution in [0.15, 0.2) is 35.3 Å². The van der Waals surface area contributed by atoms with Crippen LogP contribution in [0.2, 0.25) is 0 Å². The van der Waals surface area contributed by atoms with Crippen molar-refractivity contribution in [2.45, 2.75) is 39.2 Å². The Labute approximate surface area is 152 Å². The maximum absolute atomic E-state index is 5.84. The monoisotopic (exact) mass is 419 g/mol. The summed E-state index contributed by atoms with van der Waals surface area (Å²) in [6.45, 7) is 6.86. The van der Waals surface area contributed by atoms with E-state index < -0.39 is 0 Å². The van der Waals surface area contributed by atoms with E-state index in [1.54, 1.807) is 7.05 Å².